The van der Waals surface area contributed by atoms with Gasteiger partial charge in [0.05, 0.1) is 0 Å². The van der Waals surface area contributed by atoms with Crippen LogP contribution in [0, 0.1) is 5.92 Å². The molecule has 1 aliphatic heterocycles. The lowest BCUT2D eigenvalue weighted by Crippen LogP contribution is -2.43. The predicted octanol–water partition coefficient (Wildman–Crippen LogP) is 4.04. The average molecular weight is 351 g/mol. The molecule has 1 N–H and O–H groups in total. The van der Waals surface area contributed by atoms with Crippen molar-refractivity contribution in [2.24, 2.45) is 5.92 Å². The van der Waals surface area contributed by atoms with Gasteiger partial charge in [-0.15, -0.1) is 0 Å². The zero-order chi connectivity index (χ0) is 18.2. The summed E-state index contributed by atoms with van der Waals surface area (Å²) in [6, 6.07) is 21.3. The molecular weight excluding hydrogens is 320 g/mol. The molecule has 2 aromatic rings. The Balaban J connectivity index is 1.37. The van der Waals surface area contributed by atoms with Gasteiger partial charge in [0.1, 0.15) is 0 Å². The molecule has 0 radical (unpaired) electrons. The van der Waals surface area contributed by atoms with Gasteiger partial charge in [-0.05, 0) is 56.8 Å². The first-order valence-corrected chi connectivity index (χ1v) is 9.81. The van der Waals surface area contributed by atoms with Crippen molar-refractivity contribution in [2.45, 2.75) is 45.2 Å². The first kappa shape index (κ1) is 18.7. The highest BCUT2D eigenvalue weighted by Crippen LogP contribution is 2.19. The number of rotatable bonds is 7. The number of nitrogens with one attached hydrogen (secondary N) is 1. The fourth-order valence-electron chi connectivity index (χ4n) is 3.66. The summed E-state index contributed by atoms with van der Waals surface area (Å²) in [6.07, 6.45) is 3.93. The number of amides is 1. The number of aryl methyl sites for hydroxylation is 1. The van der Waals surface area contributed by atoms with Gasteiger partial charge in [-0.3, -0.25) is 9.69 Å². The molecule has 0 spiro atoms. The molecule has 0 aromatic heterocycles. The van der Waals surface area contributed by atoms with Crippen molar-refractivity contribution in [1.82, 2.24) is 10.2 Å². The van der Waals surface area contributed by atoms with Crippen molar-refractivity contribution in [1.29, 1.82) is 0 Å². The van der Waals surface area contributed by atoms with E-state index >= 15 is 0 Å². The molecule has 0 saturated carbocycles. The van der Waals surface area contributed by atoms with Crippen LogP contribution in [-0.2, 0) is 17.8 Å². The Labute approximate surface area is 157 Å². The van der Waals surface area contributed by atoms with E-state index in [0.29, 0.717) is 0 Å². The highest BCUT2D eigenvalue weighted by atomic mass is 16.1. The van der Waals surface area contributed by atoms with Gasteiger partial charge in [-0.1, -0.05) is 60.7 Å². The average Bonchev–Trinajstić information content (AvgIpc) is 2.68. The molecule has 138 valence electrons. The molecule has 1 fully saturated rings. The quantitative estimate of drug-likeness (QED) is 0.817. The van der Waals surface area contributed by atoms with Crippen LogP contribution in [0.3, 0.4) is 0 Å². The summed E-state index contributed by atoms with van der Waals surface area (Å²) in [5, 5.41) is 3.23. The molecule has 1 heterocycles. The van der Waals surface area contributed by atoms with Gasteiger partial charge >= 0.3 is 0 Å². The molecule has 0 aliphatic carbocycles. The first-order valence-electron chi connectivity index (χ1n) is 9.81. The summed E-state index contributed by atoms with van der Waals surface area (Å²) in [4.78, 5) is 15.0. The fraction of sp³-hybridized carbons (Fsp3) is 0.435. The smallest absolute Gasteiger partial charge is 0.223 e. The fourth-order valence-corrected chi connectivity index (χ4v) is 3.66. The molecule has 1 atom stereocenters. The van der Waals surface area contributed by atoms with Gasteiger partial charge in [0.15, 0.2) is 0 Å². The maximum Gasteiger partial charge on any atom is 0.223 e. The second kappa shape index (κ2) is 9.54. The van der Waals surface area contributed by atoms with Crippen molar-refractivity contribution in [3.63, 3.8) is 0 Å². The van der Waals surface area contributed by atoms with Crippen LogP contribution in [-0.4, -0.2) is 29.9 Å². The van der Waals surface area contributed by atoms with Gasteiger partial charge in [0.2, 0.25) is 5.91 Å². The summed E-state index contributed by atoms with van der Waals surface area (Å²) < 4.78 is 0. The normalized spacial score (nSPS) is 17.0. The Hall–Kier alpha value is -2.13. The zero-order valence-electron chi connectivity index (χ0n) is 15.7. The van der Waals surface area contributed by atoms with Crippen LogP contribution in [0.15, 0.2) is 60.7 Å². The number of hydrogen-bond acceptors (Lipinski definition) is 2. The summed E-state index contributed by atoms with van der Waals surface area (Å²) in [5.41, 5.74) is 2.69. The van der Waals surface area contributed by atoms with Crippen LogP contribution in [0.5, 0.6) is 0 Å². The second-order valence-electron chi connectivity index (χ2n) is 7.47. The van der Waals surface area contributed by atoms with E-state index in [1.165, 1.54) is 11.1 Å². The van der Waals surface area contributed by atoms with Crippen LogP contribution in [0.4, 0.5) is 0 Å². The van der Waals surface area contributed by atoms with Crippen LogP contribution in [0.2, 0.25) is 0 Å². The van der Waals surface area contributed by atoms with E-state index in [4.69, 9.17) is 0 Å². The number of likely N-dealkylation sites (tertiary alicyclic amines) is 1. The van der Waals surface area contributed by atoms with Crippen LogP contribution in [0.25, 0.3) is 0 Å². The minimum absolute atomic E-state index is 0.168. The van der Waals surface area contributed by atoms with Crippen molar-refractivity contribution < 1.29 is 4.79 Å². The van der Waals surface area contributed by atoms with Crippen molar-refractivity contribution in [3.8, 4) is 0 Å². The molecule has 1 saturated heterocycles. The maximum absolute atomic E-state index is 12.6. The zero-order valence-corrected chi connectivity index (χ0v) is 15.7. The Morgan fingerprint density at radius 2 is 1.58 bits per heavy atom. The highest BCUT2D eigenvalue weighted by molar-refractivity contribution is 5.79. The monoisotopic (exact) mass is 350 g/mol. The Kier molecular flexibility index (Phi) is 6.84. The van der Waals surface area contributed by atoms with E-state index in [0.717, 1.165) is 45.3 Å². The summed E-state index contributed by atoms with van der Waals surface area (Å²) in [6.45, 7) is 5.12. The third-order valence-electron chi connectivity index (χ3n) is 5.30. The van der Waals surface area contributed by atoms with Crippen LogP contribution < -0.4 is 5.32 Å². The summed E-state index contributed by atoms with van der Waals surface area (Å²) in [5.74, 6) is 0.408. The van der Waals surface area contributed by atoms with Gasteiger partial charge in [0.25, 0.3) is 0 Å². The lowest BCUT2D eigenvalue weighted by molar-refractivity contribution is -0.127. The summed E-state index contributed by atoms with van der Waals surface area (Å²) in [7, 11) is 0. The van der Waals surface area contributed by atoms with E-state index in [1.54, 1.807) is 0 Å². The minimum Gasteiger partial charge on any atom is -0.353 e. The first-order chi connectivity index (χ1) is 12.7. The largest absolute Gasteiger partial charge is 0.353 e. The van der Waals surface area contributed by atoms with Crippen molar-refractivity contribution in [3.05, 3.63) is 71.8 Å². The van der Waals surface area contributed by atoms with Gasteiger partial charge < -0.3 is 5.32 Å². The molecule has 1 amide bonds. The highest BCUT2D eigenvalue weighted by Gasteiger charge is 2.25. The molecule has 3 nitrogen and oxygen atoms in total. The molecule has 26 heavy (non-hydrogen) atoms. The molecule has 2 aromatic carbocycles. The van der Waals surface area contributed by atoms with E-state index in [1.807, 2.05) is 6.07 Å². The Morgan fingerprint density at radius 1 is 1.00 bits per heavy atom. The van der Waals surface area contributed by atoms with Crippen molar-refractivity contribution in [2.75, 3.05) is 13.1 Å². The predicted molar refractivity (Wildman–Crippen MR) is 107 cm³/mol. The number of benzene rings is 2. The second-order valence-corrected chi connectivity index (χ2v) is 7.47. The standard InChI is InChI=1S/C23H30N2O/c1-19(12-13-20-8-4-2-5-9-20)24-23(26)22-14-16-25(17-15-22)18-21-10-6-3-7-11-21/h2-11,19,22H,12-18H2,1H3,(H,24,26)/t19-/m1/s1. The number of nitrogens with zero attached hydrogens (tertiary/aromatic N) is 1. The lowest BCUT2D eigenvalue weighted by atomic mass is 9.95. The van der Waals surface area contributed by atoms with E-state index < -0.39 is 0 Å². The van der Waals surface area contributed by atoms with Gasteiger partial charge in [0, 0.05) is 18.5 Å². The van der Waals surface area contributed by atoms with E-state index in [9.17, 15) is 4.79 Å². The topological polar surface area (TPSA) is 32.3 Å². The summed E-state index contributed by atoms with van der Waals surface area (Å²) >= 11 is 0. The minimum atomic E-state index is 0.168. The van der Waals surface area contributed by atoms with E-state index in [2.05, 4.69) is 71.7 Å². The molecule has 0 bridgehead atoms. The Bertz CT molecular complexity index is 663. The third kappa shape index (κ3) is 5.70. The third-order valence-corrected chi connectivity index (χ3v) is 5.30. The molecular formula is C23H30N2O. The van der Waals surface area contributed by atoms with Crippen molar-refractivity contribution >= 4 is 5.91 Å². The number of carbonyl (C=O) groups is 1. The number of piperidine rings is 1. The lowest BCUT2D eigenvalue weighted by Gasteiger charge is -2.32. The van der Waals surface area contributed by atoms with Crippen LogP contribution in [0.1, 0.15) is 37.3 Å². The number of hydrogen-bond donors (Lipinski definition) is 1. The SMILES string of the molecule is C[C@H](CCc1ccccc1)NC(=O)C1CCN(Cc2ccccc2)CC1. The van der Waals surface area contributed by atoms with Crippen LogP contribution >= 0.6 is 0 Å². The molecule has 1 aliphatic rings. The maximum atomic E-state index is 12.6. The number of carbonyl (C=O) groups excluding carboxylic acids is 1. The Morgan fingerprint density at radius 3 is 2.19 bits per heavy atom. The van der Waals surface area contributed by atoms with Gasteiger partial charge in [-0.2, -0.15) is 0 Å². The van der Waals surface area contributed by atoms with E-state index in [-0.39, 0.29) is 17.9 Å². The molecule has 3 heteroatoms. The molecule has 0 unspecified atom stereocenters. The van der Waals surface area contributed by atoms with Gasteiger partial charge in [-0.25, -0.2) is 0 Å². The molecule has 3 rings (SSSR count).